The zero-order chi connectivity index (χ0) is 19.8. The number of aromatic nitrogens is 1. The Morgan fingerprint density at radius 1 is 1.41 bits per heavy atom. The number of piperidine rings is 1. The average Bonchev–Trinajstić information content (AvgIpc) is 2.93. The molecule has 0 saturated carbocycles. The third-order valence-corrected chi connectivity index (χ3v) is 4.83. The number of thiocarbonyl (C=S) groups is 1. The van der Waals surface area contributed by atoms with E-state index in [0.29, 0.717) is 16.6 Å². The maximum Gasteiger partial charge on any atom is 0.407 e. The Balaban J connectivity index is 1.90. The Bertz CT molecular complexity index is 868. The van der Waals surface area contributed by atoms with E-state index in [4.69, 9.17) is 17.3 Å². The number of likely N-dealkylation sites (tertiary alicyclic amines) is 1. The molecule has 27 heavy (non-hydrogen) atoms. The molecule has 1 aromatic heterocycles. The highest BCUT2D eigenvalue weighted by Gasteiger charge is 2.32. The number of nitrogens with zero attached hydrogens (tertiary/aromatic N) is 2. The minimum atomic E-state index is -4.41. The first kappa shape index (κ1) is 19.4. The number of hydrogen-bond acceptors (Lipinski definition) is 3. The number of nitrogens with one attached hydrogen (secondary N) is 1. The van der Waals surface area contributed by atoms with Gasteiger partial charge < -0.3 is 19.9 Å². The number of halogens is 4. The molecule has 0 spiro atoms. The van der Waals surface area contributed by atoms with Crippen LogP contribution >= 0.6 is 12.2 Å². The van der Waals surface area contributed by atoms with Crippen molar-refractivity contribution < 1.29 is 27.5 Å². The summed E-state index contributed by atoms with van der Waals surface area (Å²) in [5, 5.41) is 13.7. The highest BCUT2D eigenvalue weighted by molar-refractivity contribution is 7.79. The number of fused-ring (bicyclic) bond motifs is 1. The maximum atomic E-state index is 14.4. The zero-order valence-corrected chi connectivity index (χ0v) is 14.9. The topological polar surface area (TPSA) is 57.5 Å². The molecule has 3 rings (SSSR count). The van der Waals surface area contributed by atoms with Gasteiger partial charge in [-0.05, 0) is 24.6 Å². The van der Waals surface area contributed by atoms with Gasteiger partial charge in [-0.15, -0.1) is 0 Å². The Morgan fingerprint density at radius 2 is 2.15 bits per heavy atom. The molecule has 2 atom stereocenters. The monoisotopic (exact) mass is 403 g/mol. The zero-order valence-electron chi connectivity index (χ0n) is 14.0. The molecule has 0 aliphatic carbocycles. The Labute approximate surface area is 157 Å². The van der Waals surface area contributed by atoms with Gasteiger partial charge in [0.1, 0.15) is 12.7 Å². The standard InChI is InChI=1S/C17H17F4N3O2S/c18-12-7-23(16(25)26)5-4-14(12)22-13-2-1-3-15-11(13)6-10(8-27)24(15)9-17(19,20)21/h1-3,6,8,12,14,22H,4-5,7,9H2,(H,25,26)/t12-,14+/m0/s1. The quantitative estimate of drug-likeness (QED) is 0.597. The molecule has 0 radical (unpaired) electrons. The van der Waals surface area contributed by atoms with E-state index in [1.165, 1.54) is 11.4 Å². The van der Waals surface area contributed by atoms with Crippen LogP contribution in [0.4, 0.5) is 28.0 Å². The summed E-state index contributed by atoms with van der Waals surface area (Å²) < 4.78 is 54.2. The summed E-state index contributed by atoms with van der Waals surface area (Å²) in [7, 11) is 0. The number of alkyl halides is 4. The Kier molecular flexibility index (Phi) is 5.27. The summed E-state index contributed by atoms with van der Waals surface area (Å²) in [6.45, 7) is -1.24. The minimum Gasteiger partial charge on any atom is -0.465 e. The molecule has 0 unspecified atom stereocenters. The lowest BCUT2D eigenvalue weighted by molar-refractivity contribution is -0.139. The molecular weight excluding hydrogens is 386 g/mol. The summed E-state index contributed by atoms with van der Waals surface area (Å²) in [6.07, 6.45) is -6.75. The first-order valence-corrected chi connectivity index (χ1v) is 8.69. The van der Waals surface area contributed by atoms with E-state index < -0.39 is 31.0 Å². The lowest BCUT2D eigenvalue weighted by Gasteiger charge is -2.34. The van der Waals surface area contributed by atoms with Gasteiger partial charge in [0.15, 0.2) is 0 Å². The van der Waals surface area contributed by atoms with Crippen molar-refractivity contribution in [2.24, 2.45) is 0 Å². The maximum absolute atomic E-state index is 14.4. The van der Waals surface area contributed by atoms with Crippen LogP contribution in [0.15, 0.2) is 24.3 Å². The predicted molar refractivity (Wildman–Crippen MR) is 97.3 cm³/mol. The van der Waals surface area contributed by atoms with Crippen LogP contribution in [0.5, 0.6) is 0 Å². The first-order valence-electron chi connectivity index (χ1n) is 8.22. The van der Waals surface area contributed by atoms with Gasteiger partial charge in [0.05, 0.1) is 23.8 Å². The number of benzene rings is 1. The lowest BCUT2D eigenvalue weighted by Crippen LogP contribution is -2.49. The molecular formula is C17H17F4N3O2S. The molecule has 2 N–H and O–H groups in total. The second-order valence-corrected chi connectivity index (χ2v) is 6.65. The molecule has 2 aromatic rings. The van der Waals surface area contributed by atoms with Gasteiger partial charge in [-0.2, -0.15) is 13.2 Å². The predicted octanol–water partition coefficient (Wildman–Crippen LogP) is 4.05. The second kappa shape index (κ2) is 7.34. The van der Waals surface area contributed by atoms with E-state index in [0.717, 1.165) is 9.47 Å². The third kappa shape index (κ3) is 4.15. The molecule has 146 valence electrons. The van der Waals surface area contributed by atoms with Crippen LogP contribution < -0.4 is 5.32 Å². The molecule has 5 nitrogen and oxygen atoms in total. The Hall–Kier alpha value is -2.36. The van der Waals surface area contributed by atoms with Crippen LogP contribution in [-0.4, -0.2) is 57.5 Å². The second-order valence-electron chi connectivity index (χ2n) is 6.41. The largest absolute Gasteiger partial charge is 0.465 e. The molecule has 1 aromatic carbocycles. The van der Waals surface area contributed by atoms with E-state index in [2.05, 4.69) is 5.32 Å². The highest BCUT2D eigenvalue weighted by Crippen LogP contribution is 2.31. The van der Waals surface area contributed by atoms with Gasteiger partial charge in [-0.3, -0.25) is 0 Å². The number of hydrogen-bond donors (Lipinski definition) is 2. The van der Waals surface area contributed by atoms with Crippen molar-refractivity contribution in [1.29, 1.82) is 0 Å². The van der Waals surface area contributed by atoms with Gasteiger partial charge in [-0.1, -0.05) is 18.3 Å². The van der Waals surface area contributed by atoms with Crippen molar-refractivity contribution in [2.75, 3.05) is 18.4 Å². The van der Waals surface area contributed by atoms with Crippen molar-refractivity contribution in [1.82, 2.24) is 9.47 Å². The van der Waals surface area contributed by atoms with Crippen molar-refractivity contribution in [3.05, 3.63) is 30.0 Å². The fourth-order valence-electron chi connectivity index (χ4n) is 3.33. The smallest absolute Gasteiger partial charge is 0.407 e. The van der Waals surface area contributed by atoms with E-state index in [1.54, 1.807) is 18.2 Å². The van der Waals surface area contributed by atoms with Crippen LogP contribution in [0.25, 0.3) is 10.9 Å². The minimum absolute atomic E-state index is 0.184. The van der Waals surface area contributed by atoms with Crippen LogP contribution in [0.2, 0.25) is 0 Å². The third-order valence-electron chi connectivity index (χ3n) is 4.59. The van der Waals surface area contributed by atoms with Crippen LogP contribution in [0.3, 0.4) is 0 Å². The van der Waals surface area contributed by atoms with Gasteiger partial charge in [-0.25, -0.2) is 9.18 Å². The lowest BCUT2D eigenvalue weighted by atomic mass is 10.0. The normalized spacial score (nSPS) is 20.7. The number of carboxylic acid groups (broad SMARTS) is 1. The van der Waals surface area contributed by atoms with E-state index in [9.17, 15) is 22.4 Å². The van der Waals surface area contributed by atoms with Gasteiger partial charge in [0.2, 0.25) is 0 Å². The first-order chi connectivity index (χ1) is 12.7. The van der Waals surface area contributed by atoms with Gasteiger partial charge >= 0.3 is 12.3 Å². The fraction of sp³-hybridized carbons (Fsp3) is 0.412. The summed E-state index contributed by atoms with van der Waals surface area (Å²) >= 11 is 4.84. The fourth-order valence-corrected chi connectivity index (χ4v) is 3.52. The van der Waals surface area contributed by atoms with Crippen LogP contribution in [0.1, 0.15) is 12.1 Å². The SMILES string of the molecule is O=C(O)N1CC[C@@H](Nc2cccc3c2cc(C=S)n3CC(F)(F)F)[C@@H](F)C1. The van der Waals surface area contributed by atoms with Gasteiger partial charge in [0.25, 0.3) is 0 Å². The summed E-state index contributed by atoms with van der Waals surface area (Å²) in [5.74, 6) is 0. The molecule has 1 aliphatic rings. The van der Waals surface area contributed by atoms with E-state index in [-0.39, 0.29) is 25.2 Å². The highest BCUT2D eigenvalue weighted by atomic mass is 32.1. The van der Waals surface area contributed by atoms with Crippen molar-refractivity contribution >= 4 is 40.3 Å². The number of rotatable bonds is 4. The average molecular weight is 403 g/mol. The summed E-state index contributed by atoms with van der Waals surface area (Å²) in [4.78, 5) is 12.0. The van der Waals surface area contributed by atoms with Crippen molar-refractivity contribution in [3.8, 4) is 0 Å². The van der Waals surface area contributed by atoms with Gasteiger partial charge in [0, 0.05) is 23.0 Å². The molecule has 1 fully saturated rings. The summed E-state index contributed by atoms with van der Waals surface area (Å²) in [5.41, 5.74) is 1.07. The number of amides is 1. The molecule has 0 bridgehead atoms. The molecule has 1 saturated heterocycles. The molecule has 1 amide bonds. The molecule has 10 heteroatoms. The van der Waals surface area contributed by atoms with Crippen molar-refractivity contribution in [3.63, 3.8) is 0 Å². The molecule has 1 aliphatic heterocycles. The van der Waals surface area contributed by atoms with Crippen LogP contribution in [-0.2, 0) is 6.54 Å². The van der Waals surface area contributed by atoms with Crippen molar-refractivity contribution in [2.45, 2.75) is 31.4 Å². The molecule has 2 heterocycles. The van der Waals surface area contributed by atoms with Crippen LogP contribution in [0, 0.1) is 0 Å². The van der Waals surface area contributed by atoms with E-state index >= 15 is 0 Å². The number of carbonyl (C=O) groups is 1. The summed E-state index contributed by atoms with van der Waals surface area (Å²) in [6, 6.07) is 5.70. The number of anilines is 1. The Morgan fingerprint density at radius 3 is 2.74 bits per heavy atom. The van der Waals surface area contributed by atoms with E-state index in [1.807, 2.05) is 0 Å².